The van der Waals surface area contributed by atoms with Crippen LogP contribution in [0.25, 0.3) is 0 Å². The molecule has 3 rings (SSSR count). The number of hydrogen-bond donors (Lipinski definition) is 0. The molecule has 1 aromatic carbocycles. The molecule has 74 valence electrons. The van der Waals surface area contributed by atoms with Gasteiger partial charge in [-0.1, -0.05) is 30.3 Å². The van der Waals surface area contributed by atoms with Crippen molar-refractivity contribution < 1.29 is 0 Å². The molecule has 0 heterocycles. The van der Waals surface area contributed by atoms with Crippen LogP contribution in [-0.2, 0) is 0 Å². The normalized spacial score (nSPS) is 40.4. The molecule has 2 bridgehead atoms. The summed E-state index contributed by atoms with van der Waals surface area (Å²) in [5, 5.41) is 0.443. The lowest BCUT2D eigenvalue weighted by Gasteiger charge is -2.16. The Morgan fingerprint density at radius 2 is 1.86 bits per heavy atom. The Kier molecular flexibility index (Phi) is 2.05. The fraction of sp³-hybridized carbons (Fsp3) is 0.538. The zero-order valence-corrected chi connectivity index (χ0v) is 8.95. The fourth-order valence-corrected chi connectivity index (χ4v) is 3.96. The summed E-state index contributed by atoms with van der Waals surface area (Å²) in [4.78, 5) is 0. The number of fused-ring (bicyclic) bond motifs is 2. The zero-order valence-electron chi connectivity index (χ0n) is 8.20. The molecule has 0 spiro atoms. The molecule has 2 aliphatic carbocycles. The second kappa shape index (κ2) is 3.27. The molecule has 4 atom stereocenters. The van der Waals surface area contributed by atoms with Crippen LogP contribution < -0.4 is 0 Å². The quantitative estimate of drug-likeness (QED) is 0.613. The summed E-state index contributed by atoms with van der Waals surface area (Å²) in [7, 11) is 0. The minimum absolute atomic E-state index is 0.443. The summed E-state index contributed by atoms with van der Waals surface area (Å²) < 4.78 is 0. The largest absolute Gasteiger partial charge is 0.123 e. The van der Waals surface area contributed by atoms with Gasteiger partial charge in [-0.25, -0.2) is 0 Å². The third kappa shape index (κ3) is 1.20. The SMILES string of the molecule is Cl[C@H]1C[C@H]2CC[C@H]1C2c1ccccc1. The van der Waals surface area contributed by atoms with Crippen LogP contribution in [0.15, 0.2) is 30.3 Å². The molecule has 2 aliphatic rings. The zero-order chi connectivity index (χ0) is 9.54. The van der Waals surface area contributed by atoms with E-state index < -0.39 is 0 Å². The summed E-state index contributed by atoms with van der Waals surface area (Å²) in [5.74, 6) is 2.38. The molecule has 0 saturated heterocycles. The van der Waals surface area contributed by atoms with Crippen molar-refractivity contribution in [2.45, 2.75) is 30.6 Å². The van der Waals surface area contributed by atoms with Crippen LogP contribution in [0, 0.1) is 11.8 Å². The van der Waals surface area contributed by atoms with E-state index in [1.807, 2.05) is 0 Å². The second-order valence-electron chi connectivity index (χ2n) is 4.69. The molecule has 1 unspecified atom stereocenters. The molecule has 1 aromatic rings. The van der Waals surface area contributed by atoms with Gasteiger partial charge < -0.3 is 0 Å². The van der Waals surface area contributed by atoms with Gasteiger partial charge in [0.25, 0.3) is 0 Å². The van der Waals surface area contributed by atoms with Crippen LogP contribution in [0.1, 0.15) is 30.7 Å². The average Bonchev–Trinajstić information content (AvgIpc) is 2.75. The maximum absolute atomic E-state index is 6.35. The van der Waals surface area contributed by atoms with E-state index in [2.05, 4.69) is 30.3 Å². The van der Waals surface area contributed by atoms with Crippen molar-refractivity contribution in [2.24, 2.45) is 11.8 Å². The van der Waals surface area contributed by atoms with Crippen molar-refractivity contribution in [1.82, 2.24) is 0 Å². The van der Waals surface area contributed by atoms with Crippen molar-refractivity contribution in [1.29, 1.82) is 0 Å². The summed E-state index contributed by atoms with van der Waals surface area (Å²) in [6.45, 7) is 0. The summed E-state index contributed by atoms with van der Waals surface area (Å²) in [6, 6.07) is 10.9. The molecule has 0 N–H and O–H groups in total. The Labute approximate surface area is 90.3 Å². The van der Waals surface area contributed by atoms with Gasteiger partial charge in [-0.3, -0.25) is 0 Å². The van der Waals surface area contributed by atoms with Crippen LogP contribution in [0.5, 0.6) is 0 Å². The highest BCUT2D eigenvalue weighted by atomic mass is 35.5. The van der Waals surface area contributed by atoms with Crippen LogP contribution >= 0.6 is 11.6 Å². The number of alkyl halides is 1. The Balaban J connectivity index is 1.94. The van der Waals surface area contributed by atoms with Crippen molar-refractivity contribution in [3.8, 4) is 0 Å². The summed E-state index contributed by atoms with van der Waals surface area (Å²) in [6.07, 6.45) is 3.98. The predicted molar refractivity (Wildman–Crippen MR) is 59.7 cm³/mol. The van der Waals surface area contributed by atoms with Gasteiger partial charge in [0.05, 0.1) is 0 Å². The Hall–Kier alpha value is -0.490. The first-order chi connectivity index (χ1) is 6.86. The molecule has 2 fully saturated rings. The first kappa shape index (κ1) is 8.79. The molecule has 0 radical (unpaired) electrons. The molecule has 2 saturated carbocycles. The monoisotopic (exact) mass is 206 g/mol. The van der Waals surface area contributed by atoms with Crippen LogP contribution in [-0.4, -0.2) is 5.38 Å². The second-order valence-corrected chi connectivity index (χ2v) is 5.25. The first-order valence-corrected chi connectivity index (χ1v) is 5.99. The molecule has 0 aromatic heterocycles. The summed E-state index contributed by atoms with van der Waals surface area (Å²) in [5.41, 5.74) is 1.52. The molecular formula is C13H15Cl. The van der Waals surface area contributed by atoms with Gasteiger partial charge >= 0.3 is 0 Å². The molecule has 0 aliphatic heterocycles. The highest BCUT2D eigenvalue weighted by molar-refractivity contribution is 6.21. The first-order valence-electron chi connectivity index (χ1n) is 5.55. The minimum Gasteiger partial charge on any atom is -0.123 e. The van der Waals surface area contributed by atoms with Gasteiger partial charge in [0.2, 0.25) is 0 Å². The molecule has 1 heteroatoms. The Morgan fingerprint density at radius 1 is 1.07 bits per heavy atom. The molecule has 14 heavy (non-hydrogen) atoms. The smallest absolute Gasteiger partial charge is 0.0373 e. The van der Waals surface area contributed by atoms with E-state index in [-0.39, 0.29) is 0 Å². The standard InChI is InChI=1S/C13H15Cl/c14-12-8-10-6-7-11(12)13(10)9-4-2-1-3-5-9/h1-5,10-13H,6-8H2/t10-,11-,12+,13?/m1/s1. The predicted octanol–water partition coefficient (Wildman–Crippen LogP) is 3.81. The van der Waals surface area contributed by atoms with Gasteiger partial charge in [-0.15, -0.1) is 11.6 Å². The van der Waals surface area contributed by atoms with Crippen molar-refractivity contribution >= 4 is 11.6 Å². The van der Waals surface area contributed by atoms with Crippen molar-refractivity contribution in [3.63, 3.8) is 0 Å². The van der Waals surface area contributed by atoms with Gasteiger partial charge in [0.15, 0.2) is 0 Å². The summed E-state index contributed by atoms with van der Waals surface area (Å²) >= 11 is 6.35. The highest BCUT2D eigenvalue weighted by Crippen LogP contribution is 2.56. The molecular weight excluding hydrogens is 192 g/mol. The van der Waals surface area contributed by atoms with E-state index >= 15 is 0 Å². The molecule has 0 nitrogen and oxygen atoms in total. The topological polar surface area (TPSA) is 0 Å². The van der Waals surface area contributed by atoms with Crippen LogP contribution in [0.3, 0.4) is 0 Å². The number of rotatable bonds is 1. The number of hydrogen-bond acceptors (Lipinski definition) is 0. The average molecular weight is 207 g/mol. The van der Waals surface area contributed by atoms with Crippen LogP contribution in [0.4, 0.5) is 0 Å². The maximum Gasteiger partial charge on any atom is 0.0373 e. The van der Waals surface area contributed by atoms with Gasteiger partial charge in [-0.2, -0.15) is 0 Å². The van der Waals surface area contributed by atoms with E-state index in [4.69, 9.17) is 11.6 Å². The lowest BCUT2D eigenvalue weighted by molar-refractivity contribution is 0.487. The van der Waals surface area contributed by atoms with Crippen molar-refractivity contribution in [2.75, 3.05) is 0 Å². The Morgan fingerprint density at radius 3 is 2.43 bits per heavy atom. The van der Waals surface area contributed by atoms with E-state index in [9.17, 15) is 0 Å². The van der Waals surface area contributed by atoms with Gasteiger partial charge in [0.1, 0.15) is 0 Å². The highest BCUT2D eigenvalue weighted by Gasteiger charge is 2.47. The lowest BCUT2D eigenvalue weighted by atomic mass is 9.90. The Bertz CT molecular complexity index is 319. The van der Waals surface area contributed by atoms with E-state index in [0.717, 1.165) is 17.8 Å². The third-order valence-corrected chi connectivity index (χ3v) is 4.52. The van der Waals surface area contributed by atoms with E-state index in [0.29, 0.717) is 5.38 Å². The van der Waals surface area contributed by atoms with Crippen molar-refractivity contribution in [3.05, 3.63) is 35.9 Å². The number of halogens is 1. The third-order valence-electron chi connectivity index (χ3n) is 4.02. The van der Waals surface area contributed by atoms with E-state index in [1.165, 1.54) is 24.8 Å². The lowest BCUT2D eigenvalue weighted by Crippen LogP contribution is -2.10. The van der Waals surface area contributed by atoms with Crippen LogP contribution in [0.2, 0.25) is 0 Å². The van der Waals surface area contributed by atoms with Gasteiger partial charge in [-0.05, 0) is 42.6 Å². The molecule has 0 amide bonds. The van der Waals surface area contributed by atoms with E-state index in [1.54, 1.807) is 0 Å². The van der Waals surface area contributed by atoms with Gasteiger partial charge in [0, 0.05) is 5.38 Å². The fourth-order valence-electron chi connectivity index (χ4n) is 3.44. The number of benzene rings is 1. The maximum atomic E-state index is 6.35. The minimum atomic E-state index is 0.443.